The Labute approximate surface area is 178 Å². The largest absolute Gasteiger partial charge is 0.486 e. The number of benzene rings is 2. The predicted octanol–water partition coefficient (Wildman–Crippen LogP) is 3.61. The van der Waals surface area contributed by atoms with E-state index in [9.17, 15) is 9.59 Å². The minimum atomic E-state index is -0.176. The topological polar surface area (TPSA) is 97.0 Å². The molecule has 1 heterocycles. The second kappa shape index (κ2) is 6.80. The highest BCUT2D eigenvalue weighted by molar-refractivity contribution is 6.31. The first-order valence-electron chi connectivity index (χ1n) is 9.89. The number of halogens is 1. The predicted molar refractivity (Wildman–Crippen MR) is 112 cm³/mol. The van der Waals surface area contributed by atoms with Gasteiger partial charge in [0.1, 0.15) is 23.4 Å². The molecule has 154 valence electrons. The molecule has 0 aliphatic heterocycles. The van der Waals surface area contributed by atoms with Crippen molar-refractivity contribution < 1.29 is 14.3 Å². The van der Waals surface area contributed by atoms with Gasteiger partial charge in [0, 0.05) is 22.5 Å². The van der Waals surface area contributed by atoms with Crippen molar-refractivity contribution in [2.24, 2.45) is 5.41 Å². The number of ketones is 1. The highest BCUT2D eigenvalue weighted by Crippen LogP contribution is 2.69. The molecule has 1 aromatic heterocycles. The Balaban J connectivity index is 1.11. The molecule has 0 saturated heterocycles. The van der Waals surface area contributed by atoms with Gasteiger partial charge in [-0.2, -0.15) is 15.4 Å². The Morgan fingerprint density at radius 1 is 1.13 bits per heavy atom. The Morgan fingerprint density at radius 3 is 2.67 bits per heavy atom. The van der Waals surface area contributed by atoms with Crippen molar-refractivity contribution in [3.63, 3.8) is 0 Å². The third-order valence-corrected chi connectivity index (χ3v) is 6.62. The van der Waals surface area contributed by atoms with E-state index >= 15 is 0 Å². The maximum Gasteiger partial charge on any atom is 0.251 e. The molecular formula is C22H21ClN4O3. The van der Waals surface area contributed by atoms with Crippen molar-refractivity contribution in [2.75, 3.05) is 6.61 Å². The van der Waals surface area contributed by atoms with Gasteiger partial charge in [0.15, 0.2) is 5.78 Å². The summed E-state index contributed by atoms with van der Waals surface area (Å²) >= 11 is 6.01. The third-order valence-electron chi connectivity index (χ3n) is 6.20. The molecule has 8 heteroatoms. The summed E-state index contributed by atoms with van der Waals surface area (Å²) in [5.41, 5.74) is 2.72. The van der Waals surface area contributed by atoms with Crippen LogP contribution in [-0.2, 0) is 4.79 Å². The molecule has 3 fully saturated rings. The van der Waals surface area contributed by atoms with E-state index in [2.05, 4.69) is 20.7 Å². The molecule has 3 saturated carbocycles. The summed E-state index contributed by atoms with van der Waals surface area (Å²) in [6.45, 7) is 1.95. The molecule has 6 rings (SSSR count). The lowest BCUT2D eigenvalue weighted by Crippen LogP contribution is -2.75. The summed E-state index contributed by atoms with van der Waals surface area (Å²) in [6.07, 6.45) is 3.00. The summed E-state index contributed by atoms with van der Waals surface area (Å²) in [5, 5.41) is 14.4. The molecule has 0 spiro atoms. The van der Waals surface area contributed by atoms with Crippen molar-refractivity contribution in [3.8, 4) is 5.75 Å². The molecule has 2 N–H and O–H groups in total. The van der Waals surface area contributed by atoms with Crippen LogP contribution < -0.4 is 10.1 Å². The van der Waals surface area contributed by atoms with E-state index in [-0.39, 0.29) is 29.3 Å². The molecule has 0 atom stereocenters. The molecule has 2 bridgehead atoms. The van der Waals surface area contributed by atoms with E-state index in [1.807, 2.05) is 13.0 Å². The number of aromatic amines is 1. The third kappa shape index (κ3) is 3.33. The number of nitrogens with one attached hydrogen (secondary N) is 2. The number of carbonyl (C=O) groups is 2. The van der Waals surface area contributed by atoms with Crippen molar-refractivity contribution in [2.45, 2.75) is 38.1 Å². The maximum absolute atomic E-state index is 12.6. The van der Waals surface area contributed by atoms with E-state index in [4.69, 9.17) is 16.3 Å². The van der Waals surface area contributed by atoms with Gasteiger partial charge in [-0.3, -0.25) is 9.59 Å². The van der Waals surface area contributed by atoms with Gasteiger partial charge in [0.25, 0.3) is 5.91 Å². The molecule has 30 heavy (non-hydrogen) atoms. The molecule has 0 unspecified atom stereocenters. The molecule has 3 aliphatic carbocycles. The molecule has 0 radical (unpaired) electrons. The van der Waals surface area contributed by atoms with Gasteiger partial charge in [0.2, 0.25) is 0 Å². The van der Waals surface area contributed by atoms with Crippen molar-refractivity contribution in [1.29, 1.82) is 0 Å². The van der Waals surface area contributed by atoms with E-state index in [1.54, 1.807) is 30.3 Å². The van der Waals surface area contributed by atoms with Crippen molar-refractivity contribution >= 4 is 34.3 Å². The first kappa shape index (κ1) is 19.1. The van der Waals surface area contributed by atoms with Gasteiger partial charge < -0.3 is 10.1 Å². The molecular weight excluding hydrogens is 404 g/mol. The number of amides is 1. The second-order valence-electron chi connectivity index (χ2n) is 8.71. The molecule has 7 nitrogen and oxygen atoms in total. The van der Waals surface area contributed by atoms with Crippen molar-refractivity contribution in [3.05, 3.63) is 52.5 Å². The second-order valence-corrected chi connectivity index (χ2v) is 9.11. The summed E-state index contributed by atoms with van der Waals surface area (Å²) in [6, 6.07) is 10.6. The van der Waals surface area contributed by atoms with Crippen LogP contribution in [0, 0.1) is 12.3 Å². The first-order valence-corrected chi connectivity index (χ1v) is 10.3. The van der Waals surface area contributed by atoms with Crippen LogP contribution in [0.4, 0.5) is 0 Å². The number of rotatable bonds is 7. The zero-order valence-electron chi connectivity index (χ0n) is 16.5. The minimum absolute atomic E-state index is 0.0136. The normalized spacial score (nSPS) is 24.1. The smallest absolute Gasteiger partial charge is 0.251 e. The highest BCUT2D eigenvalue weighted by Gasteiger charge is 2.68. The van der Waals surface area contributed by atoms with Gasteiger partial charge in [-0.05, 0) is 73.6 Å². The van der Waals surface area contributed by atoms with Gasteiger partial charge in [-0.1, -0.05) is 11.6 Å². The van der Waals surface area contributed by atoms with Gasteiger partial charge in [0.05, 0.1) is 0 Å². The molecule has 2 aromatic carbocycles. The number of Topliss-reactive ketones (excluding diaryl/α,β-unsaturated/α-hetero) is 1. The van der Waals surface area contributed by atoms with Crippen LogP contribution in [0.1, 0.15) is 41.6 Å². The van der Waals surface area contributed by atoms with Gasteiger partial charge in [-0.25, -0.2) is 0 Å². The SMILES string of the molecule is Cc1cc(OCC(=O)CC23CC(NC(=O)c4ccc5n[nH]nc5c4)(C2)C3)ccc1Cl. The minimum Gasteiger partial charge on any atom is -0.486 e. The van der Waals surface area contributed by atoms with E-state index in [0.717, 1.165) is 30.3 Å². The van der Waals surface area contributed by atoms with Crippen LogP contribution in [0.3, 0.4) is 0 Å². The fourth-order valence-corrected chi connectivity index (χ4v) is 5.07. The zero-order chi connectivity index (χ0) is 20.9. The number of H-pyrrole nitrogens is 1. The number of hydrogen-bond acceptors (Lipinski definition) is 5. The summed E-state index contributed by atoms with van der Waals surface area (Å²) in [4.78, 5) is 25.0. The maximum atomic E-state index is 12.6. The first-order chi connectivity index (χ1) is 14.4. The Kier molecular flexibility index (Phi) is 4.32. The van der Waals surface area contributed by atoms with Gasteiger partial charge in [-0.15, -0.1) is 0 Å². The van der Waals surface area contributed by atoms with Gasteiger partial charge >= 0.3 is 0 Å². The summed E-state index contributed by atoms with van der Waals surface area (Å²) in [5.74, 6) is 0.621. The monoisotopic (exact) mass is 424 g/mol. The van der Waals surface area contributed by atoms with Crippen LogP contribution in [0.5, 0.6) is 5.75 Å². The fourth-order valence-electron chi connectivity index (χ4n) is 4.95. The summed E-state index contributed by atoms with van der Waals surface area (Å²) in [7, 11) is 0. The quantitative estimate of drug-likeness (QED) is 0.603. The van der Waals surface area contributed by atoms with Crippen LogP contribution >= 0.6 is 11.6 Å². The van der Waals surface area contributed by atoms with E-state index < -0.39 is 0 Å². The fraction of sp³-hybridized carbons (Fsp3) is 0.364. The molecule has 3 aromatic rings. The Bertz CT molecular complexity index is 1150. The lowest BCUT2D eigenvalue weighted by Gasteiger charge is -2.70. The van der Waals surface area contributed by atoms with E-state index in [0.29, 0.717) is 28.3 Å². The Morgan fingerprint density at radius 2 is 1.90 bits per heavy atom. The standard InChI is InChI=1S/C22H21ClN4O3/c1-13-6-16(3-4-17(13)23)30-9-15(28)8-21-10-22(11-21,12-21)24-20(29)14-2-5-18-19(7-14)26-27-25-18/h2-7H,8-12H2,1H3,(H,24,29)(H,25,26,27). The number of fused-ring (bicyclic) bond motifs is 1. The number of nitrogens with zero attached hydrogens (tertiary/aromatic N) is 2. The average molecular weight is 425 g/mol. The number of carbonyl (C=O) groups excluding carboxylic acids is 2. The van der Waals surface area contributed by atoms with Crippen LogP contribution in [0.15, 0.2) is 36.4 Å². The van der Waals surface area contributed by atoms with Crippen molar-refractivity contribution in [1.82, 2.24) is 20.7 Å². The van der Waals surface area contributed by atoms with E-state index in [1.165, 1.54) is 0 Å². The average Bonchev–Trinajstić information content (AvgIpc) is 3.14. The number of ether oxygens (including phenoxy) is 1. The number of aryl methyl sites for hydroxylation is 1. The lowest BCUT2D eigenvalue weighted by molar-refractivity contribution is -0.162. The zero-order valence-corrected chi connectivity index (χ0v) is 17.3. The van der Waals surface area contributed by atoms with Crippen LogP contribution in [0.2, 0.25) is 5.02 Å². The highest BCUT2D eigenvalue weighted by atomic mass is 35.5. The van der Waals surface area contributed by atoms with Crippen LogP contribution in [-0.4, -0.2) is 39.2 Å². The number of hydrogen-bond donors (Lipinski definition) is 2. The summed E-state index contributed by atoms with van der Waals surface area (Å²) < 4.78 is 5.62. The molecule has 1 amide bonds. The molecule has 3 aliphatic rings. The Hall–Kier alpha value is -2.93. The van der Waals surface area contributed by atoms with Crippen LogP contribution in [0.25, 0.3) is 11.0 Å². The number of aromatic nitrogens is 3. The lowest BCUT2D eigenvalue weighted by atomic mass is 9.38.